The lowest BCUT2D eigenvalue weighted by Gasteiger charge is -2.39. The Hall–Kier alpha value is -0.880. The highest BCUT2D eigenvalue weighted by molar-refractivity contribution is 7.89. The molecular weight excluding hydrogens is 288 g/mol. The Balaban J connectivity index is 1.92. The molecule has 118 valence electrons. The quantitative estimate of drug-likeness (QED) is 0.931. The van der Waals surface area contributed by atoms with E-state index in [0.717, 1.165) is 12.8 Å². The van der Waals surface area contributed by atoms with E-state index in [9.17, 15) is 8.42 Å². The van der Waals surface area contributed by atoms with Gasteiger partial charge < -0.3 is 4.52 Å². The Morgan fingerprint density at radius 1 is 1.29 bits per heavy atom. The maximum absolute atomic E-state index is 12.7. The van der Waals surface area contributed by atoms with Crippen molar-refractivity contribution in [2.24, 2.45) is 16.7 Å². The fourth-order valence-corrected chi connectivity index (χ4v) is 6.18. The second-order valence-corrected chi connectivity index (χ2v) is 9.09. The van der Waals surface area contributed by atoms with Crippen molar-refractivity contribution in [3.8, 4) is 0 Å². The molecule has 0 aromatic carbocycles. The maximum atomic E-state index is 12.7. The van der Waals surface area contributed by atoms with Crippen molar-refractivity contribution in [2.45, 2.75) is 64.8 Å². The van der Waals surface area contributed by atoms with Crippen molar-refractivity contribution in [3.63, 3.8) is 0 Å². The largest absolute Gasteiger partial charge is 0.360 e. The Morgan fingerprint density at radius 3 is 2.38 bits per heavy atom. The van der Waals surface area contributed by atoms with Crippen LogP contribution in [0.3, 0.4) is 0 Å². The van der Waals surface area contributed by atoms with Gasteiger partial charge in [-0.2, -0.15) is 0 Å². The Kier molecular flexibility index (Phi) is 3.09. The maximum Gasteiger partial charge on any atom is 0.246 e. The van der Waals surface area contributed by atoms with Crippen molar-refractivity contribution in [2.75, 3.05) is 0 Å². The molecule has 0 aliphatic heterocycles. The number of aromatic nitrogens is 1. The highest BCUT2D eigenvalue weighted by Crippen LogP contribution is 2.65. The zero-order valence-electron chi connectivity index (χ0n) is 13.4. The number of aryl methyl sites for hydroxylation is 2. The van der Waals surface area contributed by atoms with Crippen LogP contribution in [-0.2, 0) is 10.0 Å². The number of hydrogen-bond donors (Lipinski definition) is 1. The van der Waals surface area contributed by atoms with Gasteiger partial charge in [0.2, 0.25) is 10.0 Å². The third-order valence-electron chi connectivity index (χ3n) is 6.33. The molecule has 1 aromatic heterocycles. The molecular formula is C15H24N2O3S. The van der Waals surface area contributed by atoms with Crippen LogP contribution in [0.2, 0.25) is 0 Å². The fourth-order valence-electron chi connectivity index (χ4n) is 4.49. The van der Waals surface area contributed by atoms with E-state index in [1.165, 1.54) is 6.42 Å². The minimum absolute atomic E-state index is 0.00931. The molecule has 2 aliphatic carbocycles. The van der Waals surface area contributed by atoms with Gasteiger partial charge in [0.1, 0.15) is 10.6 Å². The van der Waals surface area contributed by atoms with Gasteiger partial charge in [0.05, 0.1) is 0 Å². The number of nitrogens with zero attached hydrogens (tertiary/aromatic N) is 1. The highest BCUT2D eigenvalue weighted by atomic mass is 32.2. The summed E-state index contributed by atoms with van der Waals surface area (Å²) in [7, 11) is -3.58. The molecule has 3 atom stereocenters. The molecule has 2 aliphatic rings. The SMILES string of the molecule is Cc1noc(C)c1S(=O)(=O)N[C@@H]1C[C@@H]2CC[C@@]1(C)C2(C)C. The van der Waals surface area contributed by atoms with Crippen LogP contribution in [-0.4, -0.2) is 19.6 Å². The Labute approximate surface area is 126 Å². The summed E-state index contributed by atoms with van der Waals surface area (Å²) in [5.41, 5.74) is 0.621. The van der Waals surface area contributed by atoms with E-state index in [2.05, 4.69) is 30.6 Å². The summed E-state index contributed by atoms with van der Waals surface area (Å²) < 4.78 is 33.4. The smallest absolute Gasteiger partial charge is 0.246 e. The van der Waals surface area contributed by atoms with Gasteiger partial charge in [-0.3, -0.25) is 0 Å². The van der Waals surface area contributed by atoms with E-state index in [0.29, 0.717) is 17.4 Å². The lowest BCUT2D eigenvalue weighted by molar-refractivity contribution is 0.130. The van der Waals surface area contributed by atoms with Crippen LogP contribution < -0.4 is 4.72 Å². The van der Waals surface area contributed by atoms with E-state index >= 15 is 0 Å². The average molecular weight is 312 g/mol. The topological polar surface area (TPSA) is 72.2 Å². The van der Waals surface area contributed by atoms with E-state index in [-0.39, 0.29) is 21.8 Å². The monoisotopic (exact) mass is 312 g/mol. The van der Waals surface area contributed by atoms with Crippen molar-refractivity contribution >= 4 is 10.0 Å². The van der Waals surface area contributed by atoms with Crippen LogP contribution in [0.5, 0.6) is 0 Å². The summed E-state index contributed by atoms with van der Waals surface area (Å²) in [5, 5.41) is 3.76. The van der Waals surface area contributed by atoms with Crippen molar-refractivity contribution in [1.29, 1.82) is 0 Å². The van der Waals surface area contributed by atoms with Gasteiger partial charge in [0, 0.05) is 6.04 Å². The molecule has 0 amide bonds. The van der Waals surface area contributed by atoms with Gasteiger partial charge in [-0.15, -0.1) is 0 Å². The number of hydrogen-bond acceptors (Lipinski definition) is 4. The first-order valence-corrected chi connectivity index (χ1v) is 9.03. The molecule has 2 saturated carbocycles. The number of rotatable bonds is 3. The summed E-state index contributed by atoms with van der Waals surface area (Å²) in [6.45, 7) is 10.1. The summed E-state index contributed by atoms with van der Waals surface area (Å²) in [5.74, 6) is 0.951. The first-order chi connectivity index (χ1) is 9.59. The molecule has 1 aromatic rings. The number of nitrogens with one attached hydrogen (secondary N) is 1. The van der Waals surface area contributed by atoms with Gasteiger partial charge >= 0.3 is 0 Å². The van der Waals surface area contributed by atoms with Gasteiger partial charge in [-0.05, 0) is 49.9 Å². The van der Waals surface area contributed by atoms with Crippen molar-refractivity contribution in [3.05, 3.63) is 11.5 Å². The summed E-state index contributed by atoms with van der Waals surface area (Å²) in [6, 6.07) is -0.00931. The van der Waals surface area contributed by atoms with E-state index < -0.39 is 10.0 Å². The molecule has 6 heteroatoms. The lowest BCUT2D eigenvalue weighted by Crippen LogP contribution is -2.46. The van der Waals surface area contributed by atoms with Gasteiger partial charge in [0.25, 0.3) is 0 Å². The Bertz CT molecular complexity index is 658. The van der Waals surface area contributed by atoms with Crippen LogP contribution >= 0.6 is 0 Å². The predicted octanol–water partition coefficient (Wildman–Crippen LogP) is 2.78. The summed E-state index contributed by atoms with van der Waals surface area (Å²) in [4.78, 5) is 0.201. The molecule has 21 heavy (non-hydrogen) atoms. The minimum Gasteiger partial charge on any atom is -0.360 e. The molecule has 2 fully saturated rings. The van der Waals surface area contributed by atoms with E-state index in [1.807, 2.05) is 0 Å². The van der Waals surface area contributed by atoms with Gasteiger partial charge in [-0.25, -0.2) is 13.1 Å². The van der Waals surface area contributed by atoms with Crippen LogP contribution in [0.4, 0.5) is 0 Å². The number of fused-ring (bicyclic) bond motifs is 2. The summed E-state index contributed by atoms with van der Waals surface area (Å²) in [6.07, 6.45) is 3.21. The molecule has 1 N–H and O–H groups in total. The van der Waals surface area contributed by atoms with Crippen LogP contribution in [0.15, 0.2) is 9.42 Å². The van der Waals surface area contributed by atoms with Crippen LogP contribution in [0.25, 0.3) is 0 Å². The summed E-state index contributed by atoms with van der Waals surface area (Å²) >= 11 is 0. The first kappa shape index (κ1) is 15.0. The molecule has 0 unspecified atom stereocenters. The molecule has 0 radical (unpaired) electrons. The molecule has 0 saturated heterocycles. The molecule has 3 rings (SSSR count). The first-order valence-electron chi connectivity index (χ1n) is 7.55. The van der Waals surface area contributed by atoms with Crippen molar-refractivity contribution in [1.82, 2.24) is 9.88 Å². The third kappa shape index (κ3) is 1.91. The number of sulfonamides is 1. The zero-order chi connectivity index (χ0) is 15.6. The standard InChI is InChI=1S/C15H24N2O3S/c1-9-13(10(2)20-16-9)21(18,19)17-12-8-11-6-7-15(12,5)14(11,3)4/h11-12,17H,6-8H2,1-5H3/t11-,12+,15+/m0/s1. The van der Waals surface area contributed by atoms with E-state index in [4.69, 9.17) is 4.52 Å². The third-order valence-corrected chi connectivity index (χ3v) is 8.04. The fraction of sp³-hybridized carbons (Fsp3) is 0.800. The molecule has 5 nitrogen and oxygen atoms in total. The molecule has 2 bridgehead atoms. The molecule has 1 heterocycles. The van der Waals surface area contributed by atoms with E-state index in [1.54, 1.807) is 13.8 Å². The van der Waals surface area contributed by atoms with Crippen molar-refractivity contribution < 1.29 is 12.9 Å². The second kappa shape index (κ2) is 4.32. The normalized spacial score (nSPS) is 34.5. The van der Waals surface area contributed by atoms with Gasteiger partial charge in [0.15, 0.2) is 5.76 Å². The van der Waals surface area contributed by atoms with Gasteiger partial charge in [-0.1, -0.05) is 25.9 Å². The Morgan fingerprint density at radius 2 is 1.95 bits per heavy atom. The predicted molar refractivity (Wildman–Crippen MR) is 79.3 cm³/mol. The second-order valence-electron chi connectivity index (χ2n) is 7.44. The van der Waals surface area contributed by atoms with Crippen LogP contribution in [0.1, 0.15) is 51.5 Å². The average Bonchev–Trinajstić information content (AvgIpc) is 2.87. The van der Waals surface area contributed by atoms with Crippen LogP contribution in [0, 0.1) is 30.6 Å². The minimum atomic E-state index is -3.58. The zero-order valence-corrected chi connectivity index (χ0v) is 14.2. The highest BCUT2D eigenvalue weighted by Gasteiger charge is 2.62. The molecule has 0 spiro atoms. The lowest BCUT2D eigenvalue weighted by atomic mass is 9.69.